The lowest BCUT2D eigenvalue weighted by Crippen LogP contribution is -2.46. The summed E-state index contributed by atoms with van der Waals surface area (Å²) in [6.07, 6.45) is 1.24. The van der Waals surface area contributed by atoms with Gasteiger partial charge in [-0.2, -0.15) is 0 Å². The highest BCUT2D eigenvalue weighted by Crippen LogP contribution is 2.21. The van der Waals surface area contributed by atoms with Gasteiger partial charge in [-0.15, -0.1) is 0 Å². The highest BCUT2D eigenvalue weighted by Gasteiger charge is 2.16. The molecule has 1 amide bonds. The first-order valence-electron chi connectivity index (χ1n) is 9.31. The number of rotatable bonds is 6. The lowest BCUT2D eigenvalue weighted by molar-refractivity contribution is -0.119. The van der Waals surface area contributed by atoms with Crippen molar-refractivity contribution in [2.75, 3.05) is 49.5 Å². The molecule has 0 bridgehead atoms. The fourth-order valence-electron chi connectivity index (χ4n) is 3.02. The van der Waals surface area contributed by atoms with Gasteiger partial charge >= 0.3 is 5.97 Å². The molecule has 2 heterocycles. The van der Waals surface area contributed by atoms with E-state index in [9.17, 15) is 9.59 Å². The standard InChI is InChI=1S/C20H22Cl2N4O3/c1-2-25-7-9-26(10-8-25)16-5-3-15(4-6-16)24-18(27)13-29-20(28)14-11-17(21)19(22)23-12-14/h3-6,11-12H,2,7-10,13H2,1H3,(H,24,27). The minimum atomic E-state index is -0.701. The van der Waals surface area contributed by atoms with Gasteiger partial charge in [-0.25, -0.2) is 9.78 Å². The summed E-state index contributed by atoms with van der Waals surface area (Å²) < 4.78 is 4.99. The van der Waals surface area contributed by atoms with Crippen molar-refractivity contribution in [1.29, 1.82) is 0 Å². The van der Waals surface area contributed by atoms with Crippen LogP contribution >= 0.6 is 23.2 Å². The Morgan fingerprint density at radius 3 is 2.45 bits per heavy atom. The van der Waals surface area contributed by atoms with Crippen LogP contribution in [0.3, 0.4) is 0 Å². The van der Waals surface area contributed by atoms with Crippen molar-refractivity contribution in [3.63, 3.8) is 0 Å². The topological polar surface area (TPSA) is 74.8 Å². The molecule has 0 radical (unpaired) electrons. The van der Waals surface area contributed by atoms with Crippen LogP contribution in [0.2, 0.25) is 10.2 Å². The molecule has 1 fully saturated rings. The molecule has 0 atom stereocenters. The maximum absolute atomic E-state index is 12.1. The van der Waals surface area contributed by atoms with Crippen LogP contribution < -0.4 is 10.2 Å². The van der Waals surface area contributed by atoms with Crippen LogP contribution in [0.5, 0.6) is 0 Å². The number of carbonyl (C=O) groups is 2. The second-order valence-corrected chi connectivity index (χ2v) is 7.35. The predicted molar refractivity (Wildman–Crippen MR) is 114 cm³/mol. The van der Waals surface area contributed by atoms with Crippen LogP contribution in [0.4, 0.5) is 11.4 Å². The molecule has 0 saturated carbocycles. The first kappa shape index (κ1) is 21.4. The number of benzene rings is 1. The average Bonchev–Trinajstić information content (AvgIpc) is 2.74. The van der Waals surface area contributed by atoms with Gasteiger partial charge in [0.25, 0.3) is 5.91 Å². The third kappa shape index (κ3) is 5.82. The minimum absolute atomic E-state index is 0.0941. The molecule has 1 aromatic carbocycles. The SMILES string of the molecule is CCN1CCN(c2ccc(NC(=O)COC(=O)c3cnc(Cl)c(Cl)c3)cc2)CC1. The fraction of sp³-hybridized carbons (Fsp3) is 0.350. The zero-order chi connectivity index (χ0) is 20.8. The fourth-order valence-corrected chi connectivity index (χ4v) is 3.29. The molecule has 2 aromatic rings. The zero-order valence-corrected chi connectivity index (χ0v) is 17.5. The molecule has 0 aliphatic carbocycles. The molecule has 0 unspecified atom stereocenters. The normalized spacial score (nSPS) is 14.5. The average molecular weight is 437 g/mol. The van der Waals surface area contributed by atoms with Gasteiger partial charge in [0.2, 0.25) is 0 Å². The number of hydrogen-bond acceptors (Lipinski definition) is 6. The number of hydrogen-bond donors (Lipinski definition) is 1. The highest BCUT2D eigenvalue weighted by molar-refractivity contribution is 6.41. The molecule has 1 aliphatic rings. The summed E-state index contributed by atoms with van der Waals surface area (Å²) in [5, 5.41) is 2.94. The molecule has 154 valence electrons. The maximum atomic E-state index is 12.1. The van der Waals surface area contributed by atoms with E-state index in [1.807, 2.05) is 24.3 Å². The summed E-state index contributed by atoms with van der Waals surface area (Å²) in [6.45, 7) is 6.90. The van der Waals surface area contributed by atoms with Crippen molar-refractivity contribution in [2.45, 2.75) is 6.92 Å². The lowest BCUT2D eigenvalue weighted by atomic mass is 10.2. The van der Waals surface area contributed by atoms with Crippen LogP contribution in [0.25, 0.3) is 0 Å². The van der Waals surface area contributed by atoms with Crippen molar-refractivity contribution < 1.29 is 14.3 Å². The van der Waals surface area contributed by atoms with Gasteiger partial charge in [-0.05, 0) is 36.9 Å². The molecule has 1 aliphatic heterocycles. The largest absolute Gasteiger partial charge is 0.452 e. The Morgan fingerprint density at radius 1 is 1.14 bits per heavy atom. The number of aromatic nitrogens is 1. The summed E-state index contributed by atoms with van der Waals surface area (Å²) >= 11 is 11.5. The molecule has 29 heavy (non-hydrogen) atoms. The van der Waals surface area contributed by atoms with Crippen LogP contribution in [0, 0.1) is 0 Å². The smallest absolute Gasteiger partial charge is 0.340 e. The molecule has 1 saturated heterocycles. The van der Waals surface area contributed by atoms with Gasteiger partial charge in [-0.1, -0.05) is 30.1 Å². The number of pyridine rings is 1. The van der Waals surface area contributed by atoms with E-state index in [1.54, 1.807) is 0 Å². The number of piperazine rings is 1. The number of ether oxygens (including phenoxy) is 1. The van der Waals surface area contributed by atoms with Crippen molar-refractivity contribution >= 4 is 46.5 Å². The molecule has 3 rings (SSSR count). The van der Waals surface area contributed by atoms with Crippen LogP contribution in [0.15, 0.2) is 36.5 Å². The van der Waals surface area contributed by atoms with Crippen LogP contribution in [0.1, 0.15) is 17.3 Å². The molecule has 1 N–H and O–H groups in total. The Labute approximate surface area is 179 Å². The van der Waals surface area contributed by atoms with E-state index in [-0.39, 0.29) is 15.7 Å². The van der Waals surface area contributed by atoms with Gasteiger partial charge in [0.15, 0.2) is 6.61 Å². The number of nitrogens with one attached hydrogen (secondary N) is 1. The Balaban J connectivity index is 1.48. The molecule has 1 aromatic heterocycles. The summed E-state index contributed by atoms with van der Waals surface area (Å²) in [5.41, 5.74) is 1.88. The third-order valence-electron chi connectivity index (χ3n) is 4.70. The summed E-state index contributed by atoms with van der Waals surface area (Å²) in [7, 11) is 0. The second-order valence-electron chi connectivity index (χ2n) is 6.59. The number of esters is 1. The van der Waals surface area contributed by atoms with Crippen molar-refractivity contribution in [1.82, 2.24) is 9.88 Å². The molecule has 9 heteroatoms. The monoisotopic (exact) mass is 436 g/mol. The van der Waals surface area contributed by atoms with E-state index >= 15 is 0 Å². The maximum Gasteiger partial charge on any atom is 0.340 e. The quantitative estimate of drug-likeness (QED) is 0.552. The molecule has 0 spiro atoms. The van der Waals surface area contributed by atoms with Crippen molar-refractivity contribution in [3.05, 3.63) is 52.3 Å². The van der Waals surface area contributed by atoms with Crippen LogP contribution in [-0.2, 0) is 9.53 Å². The predicted octanol–water partition coefficient (Wildman–Crippen LogP) is 3.33. The zero-order valence-electron chi connectivity index (χ0n) is 16.0. The van der Waals surface area contributed by atoms with Gasteiger partial charge in [0.05, 0.1) is 10.6 Å². The van der Waals surface area contributed by atoms with Crippen molar-refractivity contribution in [3.8, 4) is 0 Å². The van der Waals surface area contributed by atoms with E-state index in [4.69, 9.17) is 27.9 Å². The van der Waals surface area contributed by atoms with Gasteiger partial charge in [0, 0.05) is 43.8 Å². The van der Waals surface area contributed by atoms with E-state index < -0.39 is 18.5 Å². The number of nitrogens with zero attached hydrogens (tertiary/aromatic N) is 3. The molecular weight excluding hydrogens is 415 g/mol. The van der Waals surface area contributed by atoms with E-state index in [2.05, 4.69) is 27.0 Å². The van der Waals surface area contributed by atoms with E-state index in [1.165, 1.54) is 12.3 Å². The number of carbonyl (C=O) groups excluding carboxylic acids is 2. The first-order chi connectivity index (χ1) is 14.0. The molecule has 7 nitrogen and oxygen atoms in total. The molecular formula is C20H22Cl2N4O3. The number of halogens is 2. The van der Waals surface area contributed by atoms with E-state index in [0.717, 1.165) is 38.4 Å². The Morgan fingerprint density at radius 2 is 1.83 bits per heavy atom. The van der Waals surface area contributed by atoms with E-state index in [0.29, 0.717) is 5.69 Å². The Hall–Kier alpha value is -2.35. The minimum Gasteiger partial charge on any atom is -0.452 e. The van der Waals surface area contributed by atoms with Crippen LogP contribution in [-0.4, -0.2) is 61.1 Å². The number of anilines is 2. The highest BCUT2D eigenvalue weighted by atomic mass is 35.5. The Bertz CT molecular complexity index is 869. The second kappa shape index (κ2) is 9.91. The summed E-state index contributed by atoms with van der Waals surface area (Å²) in [4.78, 5) is 32.6. The third-order valence-corrected chi connectivity index (χ3v) is 5.39. The first-order valence-corrected chi connectivity index (χ1v) is 10.1. The van der Waals surface area contributed by atoms with Gasteiger partial charge in [-0.3, -0.25) is 4.79 Å². The lowest BCUT2D eigenvalue weighted by Gasteiger charge is -2.35. The Kier molecular flexibility index (Phi) is 7.30. The van der Waals surface area contributed by atoms with Crippen molar-refractivity contribution in [2.24, 2.45) is 0 Å². The summed E-state index contributed by atoms with van der Waals surface area (Å²) in [5.74, 6) is -1.14. The van der Waals surface area contributed by atoms with Gasteiger partial charge in [0.1, 0.15) is 5.15 Å². The number of likely N-dealkylation sites (N-methyl/N-ethyl adjacent to an activating group) is 1. The van der Waals surface area contributed by atoms with Gasteiger partial charge < -0.3 is 19.9 Å². The number of amides is 1. The summed E-state index contributed by atoms with van der Waals surface area (Å²) in [6, 6.07) is 8.97.